The third kappa shape index (κ3) is 11.2. The van der Waals surface area contributed by atoms with Crippen LogP contribution in [0.4, 0.5) is 16.2 Å². The summed E-state index contributed by atoms with van der Waals surface area (Å²) >= 11 is 0. The van der Waals surface area contributed by atoms with Crippen LogP contribution in [0.5, 0.6) is 0 Å². The van der Waals surface area contributed by atoms with Gasteiger partial charge < -0.3 is 15.5 Å². The van der Waals surface area contributed by atoms with Gasteiger partial charge in [0.25, 0.3) is 0 Å². The lowest BCUT2D eigenvalue weighted by molar-refractivity contribution is -0.672. The number of carbonyl (C=O) groups is 2. The zero-order valence-electron chi connectivity index (χ0n) is 30.8. The van der Waals surface area contributed by atoms with Crippen molar-refractivity contribution in [1.29, 1.82) is 0 Å². The Balaban J connectivity index is 1.14. The quantitative estimate of drug-likeness (QED) is 0.0758. The van der Waals surface area contributed by atoms with Crippen molar-refractivity contribution in [3.63, 3.8) is 0 Å². The standard InChI is InChI=1S/C44H53N5O2/c1-5-7-9-10-26-49(25-8-6-2)44(51)46-41-23-19-35(20-24-41)30-37-14-12-16-39(32-37)33-38-15-11-13-36(31-38)29-34-17-21-40(22-18-34)45-42(50)43-47(3)27-28-48(43)4/h11-24,27-28,31-32H,5-10,25-26,29-30,33H2,1-4H3,(H-,45,46,50,51)/p+1. The first-order valence-electron chi connectivity index (χ1n) is 18.5. The highest BCUT2D eigenvalue weighted by molar-refractivity contribution is 6.00. The molecule has 0 aliphatic heterocycles. The molecule has 0 unspecified atom stereocenters. The normalized spacial score (nSPS) is 11.0. The minimum absolute atomic E-state index is 0.00113. The molecule has 0 radical (unpaired) electrons. The summed E-state index contributed by atoms with van der Waals surface area (Å²) in [5.74, 6) is 0.459. The molecule has 51 heavy (non-hydrogen) atoms. The maximum atomic E-state index is 13.1. The second-order valence-electron chi connectivity index (χ2n) is 13.7. The number of rotatable bonds is 17. The van der Waals surface area contributed by atoms with Gasteiger partial charge >= 0.3 is 17.8 Å². The number of unbranched alkanes of at least 4 members (excludes halogenated alkanes) is 4. The first-order chi connectivity index (χ1) is 24.8. The molecule has 0 spiro atoms. The fourth-order valence-corrected chi connectivity index (χ4v) is 6.51. The largest absolute Gasteiger partial charge is 0.347 e. The summed E-state index contributed by atoms with van der Waals surface area (Å²) in [4.78, 5) is 27.8. The molecule has 5 aromatic rings. The van der Waals surface area contributed by atoms with E-state index in [9.17, 15) is 9.59 Å². The van der Waals surface area contributed by atoms with Crippen molar-refractivity contribution in [1.82, 2.24) is 9.47 Å². The lowest BCUT2D eigenvalue weighted by atomic mass is 9.97. The molecule has 7 nitrogen and oxygen atoms in total. The Morgan fingerprint density at radius 3 is 1.61 bits per heavy atom. The van der Waals surface area contributed by atoms with E-state index in [0.29, 0.717) is 5.82 Å². The summed E-state index contributed by atoms with van der Waals surface area (Å²) in [7, 11) is 3.73. The molecule has 0 aliphatic rings. The van der Waals surface area contributed by atoms with Gasteiger partial charge in [-0.1, -0.05) is 112 Å². The number of urea groups is 1. The van der Waals surface area contributed by atoms with Gasteiger partial charge in [0.1, 0.15) is 12.4 Å². The summed E-state index contributed by atoms with van der Waals surface area (Å²) in [5.41, 5.74) is 9.12. The Morgan fingerprint density at radius 1 is 0.627 bits per heavy atom. The highest BCUT2D eigenvalue weighted by atomic mass is 16.2. The number of nitrogens with one attached hydrogen (secondary N) is 2. The van der Waals surface area contributed by atoms with Crippen molar-refractivity contribution in [3.8, 4) is 0 Å². The van der Waals surface area contributed by atoms with Gasteiger partial charge in [0.2, 0.25) is 0 Å². The Hall–Kier alpha value is -5.17. The van der Waals surface area contributed by atoms with Crippen LogP contribution in [-0.2, 0) is 33.4 Å². The minimum atomic E-state index is -0.134. The van der Waals surface area contributed by atoms with E-state index in [-0.39, 0.29) is 11.9 Å². The molecule has 0 saturated carbocycles. The first-order valence-corrected chi connectivity index (χ1v) is 18.5. The van der Waals surface area contributed by atoms with Crippen molar-refractivity contribution in [2.24, 2.45) is 14.1 Å². The van der Waals surface area contributed by atoms with E-state index < -0.39 is 0 Å². The number of amides is 3. The molecule has 2 N–H and O–H groups in total. The van der Waals surface area contributed by atoms with Gasteiger partial charge in [-0.3, -0.25) is 4.79 Å². The van der Waals surface area contributed by atoms with Crippen molar-refractivity contribution in [2.75, 3.05) is 23.7 Å². The van der Waals surface area contributed by atoms with Crippen LogP contribution in [0.2, 0.25) is 0 Å². The zero-order chi connectivity index (χ0) is 36.0. The van der Waals surface area contributed by atoms with Crippen molar-refractivity contribution in [3.05, 3.63) is 149 Å². The lowest BCUT2D eigenvalue weighted by Gasteiger charge is -2.23. The van der Waals surface area contributed by atoms with Crippen LogP contribution in [0.15, 0.2) is 109 Å². The van der Waals surface area contributed by atoms with Crippen molar-refractivity contribution in [2.45, 2.75) is 71.6 Å². The van der Waals surface area contributed by atoms with E-state index in [4.69, 9.17) is 0 Å². The minimum Gasteiger partial charge on any atom is -0.325 e. The number of hydrogen-bond acceptors (Lipinski definition) is 2. The number of imidazole rings is 1. The summed E-state index contributed by atoms with van der Waals surface area (Å²) in [6.07, 6.45) is 13.0. The molecular formula is C44H54N5O2+. The van der Waals surface area contributed by atoms with Crippen LogP contribution in [0.3, 0.4) is 0 Å². The topological polar surface area (TPSA) is 70.2 Å². The summed E-state index contributed by atoms with van der Waals surface area (Å²) in [6.45, 7) is 6.00. The third-order valence-electron chi connectivity index (χ3n) is 9.36. The average molecular weight is 685 g/mol. The molecule has 266 valence electrons. The molecule has 1 aromatic heterocycles. The highest BCUT2D eigenvalue weighted by Crippen LogP contribution is 2.20. The van der Waals surface area contributed by atoms with Gasteiger partial charge in [0, 0.05) is 24.5 Å². The van der Waals surface area contributed by atoms with Crippen LogP contribution >= 0.6 is 0 Å². The number of aryl methyl sites for hydroxylation is 2. The molecule has 0 saturated heterocycles. The molecule has 7 heteroatoms. The van der Waals surface area contributed by atoms with Gasteiger partial charge in [0.15, 0.2) is 0 Å². The number of benzene rings is 4. The van der Waals surface area contributed by atoms with Crippen LogP contribution in [0, 0.1) is 0 Å². The van der Waals surface area contributed by atoms with Crippen LogP contribution in [0.25, 0.3) is 0 Å². The van der Waals surface area contributed by atoms with Crippen molar-refractivity contribution < 1.29 is 14.2 Å². The Bertz CT molecular complexity index is 1840. The van der Waals surface area contributed by atoms with Crippen LogP contribution < -0.4 is 15.2 Å². The van der Waals surface area contributed by atoms with E-state index in [1.807, 2.05) is 64.8 Å². The second-order valence-corrected chi connectivity index (χ2v) is 13.7. The lowest BCUT2D eigenvalue weighted by Crippen LogP contribution is -2.37. The summed E-state index contributed by atoms with van der Waals surface area (Å²) in [6, 6.07) is 34.0. The predicted molar refractivity (Wildman–Crippen MR) is 208 cm³/mol. The molecule has 0 aliphatic carbocycles. The van der Waals surface area contributed by atoms with E-state index in [0.717, 1.165) is 63.0 Å². The monoisotopic (exact) mass is 684 g/mol. The summed E-state index contributed by atoms with van der Waals surface area (Å²) < 4.78 is 3.63. The van der Waals surface area contributed by atoms with E-state index in [1.165, 1.54) is 52.6 Å². The molecule has 4 aromatic carbocycles. The molecule has 1 heterocycles. The van der Waals surface area contributed by atoms with Gasteiger partial charge in [-0.05, 0) is 89.8 Å². The number of carbonyl (C=O) groups excluding carboxylic acids is 2. The number of anilines is 2. The van der Waals surface area contributed by atoms with E-state index in [2.05, 4.69) is 97.3 Å². The molecular weight excluding hydrogens is 631 g/mol. The Morgan fingerprint density at radius 2 is 1.12 bits per heavy atom. The average Bonchev–Trinajstić information content (AvgIpc) is 3.47. The second kappa shape index (κ2) is 18.7. The fourth-order valence-electron chi connectivity index (χ4n) is 6.51. The molecule has 0 bridgehead atoms. The SMILES string of the molecule is CCCCCCN(CCCC)C(=O)Nc1ccc(Cc2cccc(Cc3cccc(Cc4ccc(NC(=O)c5n(C)cc[n+]5C)cc4)c3)c2)cc1. The smallest absolute Gasteiger partial charge is 0.325 e. The van der Waals surface area contributed by atoms with Gasteiger partial charge in [-0.15, -0.1) is 0 Å². The number of nitrogens with zero attached hydrogens (tertiary/aromatic N) is 3. The molecule has 0 atom stereocenters. The Labute approximate surface area is 304 Å². The number of aromatic nitrogens is 2. The molecule has 5 rings (SSSR count). The third-order valence-corrected chi connectivity index (χ3v) is 9.36. The van der Waals surface area contributed by atoms with E-state index in [1.54, 1.807) is 0 Å². The Kier molecular flexibility index (Phi) is 13.6. The van der Waals surface area contributed by atoms with Gasteiger partial charge in [0.05, 0.1) is 14.1 Å². The predicted octanol–water partition coefficient (Wildman–Crippen LogP) is 9.09. The van der Waals surface area contributed by atoms with Crippen LogP contribution in [-0.4, -0.2) is 34.5 Å². The number of hydrogen-bond donors (Lipinski definition) is 2. The van der Waals surface area contributed by atoms with Gasteiger partial charge in [-0.25, -0.2) is 13.9 Å². The first kappa shape index (κ1) is 37.1. The van der Waals surface area contributed by atoms with E-state index >= 15 is 0 Å². The molecule has 0 fully saturated rings. The maximum absolute atomic E-state index is 13.1. The fraction of sp³-hybridized carbons (Fsp3) is 0.341. The van der Waals surface area contributed by atoms with Crippen molar-refractivity contribution >= 4 is 23.3 Å². The molecule has 3 amide bonds. The summed E-state index contributed by atoms with van der Waals surface area (Å²) in [5, 5.41) is 6.13. The highest BCUT2D eigenvalue weighted by Gasteiger charge is 2.21. The zero-order valence-corrected chi connectivity index (χ0v) is 30.8. The van der Waals surface area contributed by atoms with Crippen LogP contribution in [0.1, 0.15) is 96.4 Å². The maximum Gasteiger partial charge on any atom is 0.347 e. The van der Waals surface area contributed by atoms with Gasteiger partial charge in [-0.2, -0.15) is 0 Å².